The van der Waals surface area contributed by atoms with Crippen LogP contribution in [0.2, 0.25) is 0 Å². The Morgan fingerprint density at radius 2 is 1.93 bits per heavy atom. The number of phenols is 1. The number of phenolic OH excluding ortho intramolecular Hbond substituents is 1. The Labute approximate surface area is 155 Å². The molecule has 3 aromatic rings. The van der Waals surface area contributed by atoms with E-state index in [2.05, 4.69) is 5.10 Å². The van der Waals surface area contributed by atoms with E-state index in [-0.39, 0.29) is 11.3 Å². The van der Waals surface area contributed by atoms with Gasteiger partial charge in [-0.05, 0) is 42.2 Å². The lowest BCUT2D eigenvalue weighted by molar-refractivity contribution is 0.340. The molecule has 140 valence electrons. The number of ether oxygens (including phenoxy) is 2. The second kappa shape index (κ2) is 6.46. The fourth-order valence-electron chi connectivity index (χ4n) is 3.44. The Balaban J connectivity index is 1.90. The molecule has 1 aliphatic rings. The molecule has 0 spiro atoms. The molecule has 0 amide bonds. The van der Waals surface area contributed by atoms with Crippen LogP contribution in [0, 0.1) is 0 Å². The first kappa shape index (κ1) is 17.1. The molecule has 1 aromatic carbocycles. The number of benzene rings is 1. The summed E-state index contributed by atoms with van der Waals surface area (Å²) in [6, 6.07) is 3.45. The fourth-order valence-corrected chi connectivity index (χ4v) is 3.44. The van der Waals surface area contributed by atoms with Gasteiger partial charge in [-0.15, -0.1) is 0 Å². The summed E-state index contributed by atoms with van der Waals surface area (Å²) in [7, 11) is 4.75. The fraction of sp³-hybridized carbons (Fsp3) is 0.316. The molecule has 4 rings (SSSR count). The van der Waals surface area contributed by atoms with Crippen molar-refractivity contribution in [1.29, 1.82) is 0 Å². The zero-order valence-electron chi connectivity index (χ0n) is 15.4. The van der Waals surface area contributed by atoms with Gasteiger partial charge in [0.25, 0.3) is 5.56 Å². The third kappa shape index (κ3) is 2.73. The third-order valence-electron chi connectivity index (χ3n) is 4.81. The second-order valence-electron chi connectivity index (χ2n) is 6.44. The summed E-state index contributed by atoms with van der Waals surface area (Å²) in [5.41, 5.74) is 2.23. The highest BCUT2D eigenvalue weighted by Crippen LogP contribution is 2.38. The molecule has 0 saturated heterocycles. The van der Waals surface area contributed by atoms with Crippen LogP contribution in [-0.2, 0) is 13.6 Å². The van der Waals surface area contributed by atoms with Gasteiger partial charge >= 0.3 is 0 Å². The van der Waals surface area contributed by atoms with Gasteiger partial charge in [0.15, 0.2) is 17.1 Å². The summed E-state index contributed by atoms with van der Waals surface area (Å²) in [5, 5.41) is 14.8. The minimum atomic E-state index is -0.0745. The highest BCUT2D eigenvalue weighted by atomic mass is 16.5. The van der Waals surface area contributed by atoms with Crippen LogP contribution in [0.1, 0.15) is 24.2 Å². The molecule has 0 aliphatic carbocycles. The molecular formula is C19H20N4O4. The highest BCUT2D eigenvalue weighted by molar-refractivity contribution is 5.83. The Hall–Kier alpha value is -3.29. The van der Waals surface area contributed by atoms with Crippen molar-refractivity contribution in [3.8, 4) is 17.2 Å². The van der Waals surface area contributed by atoms with Crippen LogP contribution >= 0.6 is 0 Å². The van der Waals surface area contributed by atoms with Gasteiger partial charge in [-0.25, -0.2) is 4.98 Å². The van der Waals surface area contributed by atoms with Crippen LogP contribution in [0.25, 0.3) is 22.7 Å². The van der Waals surface area contributed by atoms with Gasteiger partial charge in [0.2, 0.25) is 5.75 Å². The van der Waals surface area contributed by atoms with E-state index in [1.165, 1.54) is 14.2 Å². The van der Waals surface area contributed by atoms with Gasteiger partial charge in [0.05, 0.1) is 20.4 Å². The molecule has 0 unspecified atom stereocenters. The van der Waals surface area contributed by atoms with Crippen molar-refractivity contribution in [2.45, 2.75) is 19.4 Å². The van der Waals surface area contributed by atoms with Crippen molar-refractivity contribution in [3.63, 3.8) is 0 Å². The first-order valence-corrected chi connectivity index (χ1v) is 8.62. The maximum absolute atomic E-state index is 12.8. The molecule has 0 atom stereocenters. The molecule has 0 radical (unpaired) electrons. The Kier molecular flexibility index (Phi) is 4.10. The monoisotopic (exact) mass is 368 g/mol. The average molecular weight is 368 g/mol. The van der Waals surface area contributed by atoms with Crippen LogP contribution in [-0.4, -0.2) is 38.7 Å². The summed E-state index contributed by atoms with van der Waals surface area (Å²) in [4.78, 5) is 17.5. The zero-order valence-corrected chi connectivity index (χ0v) is 15.4. The van der Waals surface area contributed by atoms with Crippen LogP contribution in [0.15, 0.2) is 23.1 Å². The van der Waals surface area contributed by atoms with Crippen LogP contribution in [0.3, 0.4) is 0 Å². The van der Waals surface area contributed by atoms with E-state index in [9.17, 15) is 9.90 Å². The van der Waals surface area contributed by atoms with Gasteiger partial charge < -0.3 is 14.6 Å². The number of aromatic hydroxyl groups is 1. The molecular weight excluding hydrogens is 348 g/mol. The van der Waals surface area contributed by atoms with Crippen molar-refractivity contribution in [1.82, 2.24) is 19.3 Å². The lowest BCUT2D eigenvalue weighted by Crippen LogP contribution is -2.27. The number of allylic oxidation sites excluding steroid dienone is 1. The number of aryl methyl sites for hydroxylation is 1. The van der Waals surface area contributed by atoms with E-state index in [1.54, 1.807) is 34.6 Å². The highest BCUT2D eigenvalue weighted by Gasteiger charge is 2.21. The minimum absolute atomic E-state index is 0.0443. The molecule has 1 N–H and O–H groups in total. The van der Waals surface area contributed by atoms with Gasteiger partial charge in [0.1, 0.15) is 11.2 Å². The number of aromatic nitrogens is 4. The molecule has 8 heteroatoms. The van der Waals surface area contributed by atoms with E-state index in [1.807, 2.05) is 6.08 Å². The number of rotatable bonds is 3. The van der Waals surface area contributed by atoms with Gasteiger partial charge in [-0.2, -0.15) is 5.10 Å². The maximum atomic E-state index is 12.8. The molecule has 3 heterocycles. The second-order valence-corrected chi connectivity index (χ2v) is 6.44. The Bertz CT molecular complexity index is 1100. The Morgan fingerprint density at radius 3 is 2.59 bits per heavy atom. The topological polar surface area (TPSA) is 91.4 Å². The molecule has 8 nitrogen and oxygen atoms in total. The summed E-state index contributed by atoms with van der Waals surface area (Å²) >= 11 is 0. The SMILES string of the molecule is COc1cc(/C=C2\CCCn3c2nc2c(cnn2C)c3=O)cc(OC)c1O. The smallest absolute Gasteiger partial charge is 0.264 e. The van der Waals surface area contributed by atoms with Crippen molar-refractivity contribution in [2.75, 3.05) is 14.2 Å². The quantitative estimate of drug-likeness (QED) is 0.762. The average Bonchev–Trinajstić information content (AvgIpc) is 3.05. The lowest BCUT2D eigenvalue weighted by atomic mass is 10.0. The van der Waals surface area contributed by atoms with Gasteiger partial charge in [-0.3, -0.25) is 14.0 Å². The van der Waals surface area contributed by atoms with Crippen molar-refractivity contribution in [2.24, 2.45) is 7.05 Å². The molecule has 0 fully saturated rings. The zero-order chi connectivity index (χ0) is 19.1. The molecule has 2 aromatic heterocycles. The summed E-state index contributed by atoms with van der Waals surface area (Å²) in [6.45, 7) is 0.631. The van der Waals surface area contributed by atoms with E-state index < -0.39 is 0 Å². The van der Waals surface area contributed by atoms with Crippen LogP contribution < -0.4 is 15.0 Å². The number of nitrogens with zero attached hydrogens (tertiary/aromatic N) is 4. The molecule has 0 saturated carbocycles. The van der Waals surface area contributed by atoms with E-state index in [4.69, 9.17) is 14.5 Å². The first-order chi connectivity index (χ1) is 13.0. The maximum Gasteiger partial charge on any atom is 0.264 e. The Morgan fingerprint density at radius 1 is 1.22 bits per heavy atom. The summed E-state index contributed by atoms with van der Waals surface area (Å²) < 4.78 is 13.8. The van der Waals surface area contributed by atoms with Crippen LogP contribution in [0.4, 0.5) is 0 Å². The van der Waals surface area contributed by atoms with E-state index in [0.717, 1.165) is 24.0 Å². The van der Waals surface area contributed by atoms with E-state index in [0.29, 0.717) is 34.9 Å². The molecule has 27 heavy (non-hydrogen) atoms. The standard InChI is InChI=1S/C19H20N4O4/c1-22-18-13(10-20-22)19(25)23-6-4-5-12(17(23)21-18)7-11-8-14(26-2)16(24)15(9-11)27-3/h7-10,24H,4-6H2,1-3H3/b12-7+. The third-order valence-corrected chi connectivity index (χ3v) is 4.81. The number of methoxy groups -OCH3 is 2. The minimum Gasteiger partial charge on any atom is -0.502 e. The normalized spacial score (nSPS) is 15.1. The lowest BCUT2D eigenvalue weighted by Gasteiger charge is -2.20. The predicted molar refractivity (Wildman–Crippen MR) is 101 cm³/mol. The summed E-state index contributed by atoms with van der Waals surface area (Å²) in [6.07, 6.45) is 5.15. The van der Waals surface area contributed by atoms with Crippen LogP contribution in [0.5, 0.6) is 17.2 Å². The van der Waals surface area contributed by atoms with Crippen molar-refractivity contribution < 1.29 is 14.6 Å². The van der Waals surface area contributed by atoms with E-state index >= 15 is 0 Å². The van der Waals surface area contributed by atoms with Gasteiger partial charge in [-0.1, -0.05) is 0 Å². The number of hydrogen-bond acceptors (Lipinski definition) is 6. The largest absolute Gasteiger partial charge is 0.502 e. The first-order valence-electron chi connectivity index (χ1n) is 8.62. The van der Waals surface area contributed by atoms with Crippen molar-refractivity contribution in [3.05, 3.63) is 40.1 Å². The number of hydrogen-bond donors (Lipinski definition) is 1. The summed E-state index contributed by atoms with van der Waals surface area (Å²) in [5.74, 6) is 1.25. The van der Waals surface area contributed by atoms with Crippen molar-refractivity contribution >= 4 is 22.7 Å². The molecule has 0 bridgehead atoms. The number of fused-ring (bicyclic) bond motifs is 2. The molecule has 1 aliphatic heterocycles. The van der Waals surface area contributed by atoms with Gasteiger partial charge in [0, 0.05) is 13.6 Å². The predicted octanol–water partition coefficient (Wildman–Crippen LogP) is 2.19.